The highest BCUT2D eigenvalue weighted by atomic mass is 32.2. The number of carbonyl (C=O) groups is 2. The predicted molar refractivity (Wildman–Crippen MR) is 142 cm³/mol. The maximum absolute atomic E-state index is 12.6. The predicted octanol–water partition coefficient (Wildman–Crippen LogP) is 4.10. The lowest BCUT2D eigenvalue weighted by molar-refractivity contribution is 0.0752. The Labute approximate surface area is 216 Å². The molecule has 37 heavy (non-hydrogen) atoms. The van der Waals surface area contributed by atoms with E-state index in [1.807, 2.05) is 16.9 Å². The Bertz CT molecular complexity index is 1360. The van der Waals surface area contributed by atoms with Crippen LogP contribution >= 0.6 is 0 Å². The molecule has 0 spiro atoms. The van der Waals surface area contributed by atoms with Crippen LogP contribution in [0.1, 0.15) is 29.8 Å². The van der Waals surface area contributed by atoms with Crippen LogP contribution in [0.5, 0.6) is 0 Å². The summed E-state index contributed by atoms with van der Waals surface area (Å²) in [6.45, 7) is 5.52. The Morgan fingerprint density at radius 2 is 1.65 bits per heavy atom. The number of nitrogens with one attached hydrogen (secondary N) is 2. The van der Waals surface area contributed by atoms with E-state index in [9.17, 15) is 18.0 Å². The van der Waals surface area contributed by atoms with Gasteiger partial charge in [0.25, 0.3) is 10.0 Å². The van der Waals surface area contributed by atoms with Crippen molar-refractivity contribution in [2.24, 2.45) is 0 Å². The lowest BCUT2D eigenvalue weighted by atomic mass is 10.1. The number of amides is 2. The Morgan fingerprint density at radius 3 is 2.27 bits per heavy atom. The number of pyridine rings is 1. The van der Waals surface area contributed by atoms with Gasteiger partial charge in [-0.25, -0.2) is 22.9 Å². The highest BCUT2D eigenvalue weighted by Crippen LogP contribution is 2.22. The topological polar surface area (TPSA) is 118 Å². The number of urea groups is 1. The van der Waals surface area contributed by atoms with Crippen LogP contribution in [-0.2, 0) is 14.8 Å². The van der Waals surface area contributed by atoms with Gasteiger partial charge < -0.3 is 15.0 Å². The van der Waals surface area contributed by atoms with Crippen molar-refractivity contribution in [3.63, 3.8) is 0 Å². The number of hydrogen-bond acceptors (Lipinski definition) is 7. The van der Waals surface area contributed by atoms with E-state index >= 15 is 0 Å². The molecule has 0 saturated carbocycles. The average Bonchev–Trinajstić information content (AvgIpc) is 2.88. The number of aromatic nitrogens is 1. The van der Waals surface area contributed by atoms with Gasteiger partial charge in [0.2, 0.25) is 0 Å². The number of anilines is 2. The summed E-state index contributed by atoms with van der Waals surface area (Å²) in [4.78, 5) is 31.5. The molecule has 2 heterocycles. The third kappa shape index (κ3) is 6.60. The minimum absolute atomic E-state index is 0.0204. The molecule has 2 N–H and O–H groups in total. The van der Waals surface area contributed by atoms with E-state index in [-0.39, 0.29) is 22.8 Å². The van der Waals surface area contributed by atoms with Crippen LogP contribution in [0.15, 0.2) is 83.9 Å². The van der Waals surface area contributed by atoms with Crippen LogP contribution < -0.4 is 14.9 Å². The van der Waals surface area contributed by atoms with Crippen LogP contribution in [-0.4, -0.2) is 50.5 Å². The van der Waals surface area contributed by atoms with Gasteiger partial charge in [-0.2, -0.15) is 0 Å². The first-order chi connectivity index (χ1) is 17.7. The number of ether oxygens (including phenoxy) is 1. The summed E-state index contributed by atoms with van der Waals surface area (Å²) < 4.78 is 32.0. The maximum Gasteiger partial charge on any atom is 0.333 e. The smallest absolute Gasteiger partial charge is 0.333 e. The molecule has 3 aromatic rings. The molecule has 0 radical (unpaired) electrons. The molecule has 9 nitrogen and oxygen atoms in total. The molecule has 2 atom stereocenters. The van der Waals surface area contributed by atoms with Crippen LogP contribution in [0.4, 0.5) is 16.3 Å². The van der Waals surface area contributed by atoms with E-state index in [4.69, 9.17) is 4.74 Å². The number of carbonyl (C=O) groups excluding carboxylic acids is 2. The highest BCUT2D eigenvalue weighted by molar-refractivity contribution is 7.90. The second-order valence-electron chi connectivity index (χ2n) is 8.74. The summed E-state index contributed by atoms with van der Waals surface area (Å²) in [5.74, 6) is 0.651. The van der Waals surface area contributed by atoms with Crippen molar-refractivity contribution in [1.82, 2.24) is 9.71 Å². The van der Waals surface area contributed by atoms with Crippen molar-refractivity contribution in [1.29, 1.82) is 0 Å². The SMILES string of the molecule is CC1COCC(C)N1c1ccc(/C=C/C(=O)c2ccc(NC(=O)NS(=O)(=O)c3ccccc3)cc2)cn1. The molecule has 0 bridgehead atoms. The average molecular weight is 521 g/mol. The molecule has 192 valence electrons. The van der Waals surface area contributed by atoms with Crippen LogP contribution in [0, 0.1) is 0 Å². The maximum atomic E-state index is 12.6. The minimum atomic E-state index is -3.99. The summed E-state index contributed by atoms with van der Waals surface area (Å²) in [5, 5.41) is 2.45. The Morgan fingerprint density at radius 1 is 0.973 bits per heavy atom. The van der Waals surface area contributed by atoms with Gasteiger partial charge in [-0.1, -0.05) is 18.2 Å². The number of ketones is 1. The third-order valence-corrected chi connectivity index (χ3v) is 7.19. The number of morpholine rings is 1. The van der Waals surface area contributed by atoms with Gasteiger partial charge in [-0.3, -0.25) is 4.79 Å². The van der Waals surface area contributed by atoms with Crippen molar-refractivity contribution in [3.05, 3.63) is 90.1 Å². The fraction of sp³-hybridized carbons (Fsp3) is 0.222. The number of sulfonamides is 1. The molecule has 1 saturated heterocycles. The molecule has 1 aromatic heterocycles. The summed E-state index contributed by atoms with van der Waals surface area (Å²) in [5.41, 5.74) is 1.55. The number of rotatable bonds is 7. The van der Waals surface area contributed by atoms with Crippen LogP contribution in [0.2, 0.25) is 0 Å². The minimum Gasteiger partial charge on any atom is -0.377 e. The Hall–Kier alpha value is -4.02. The molecule has 2 amide bonds. The van der Waals surface area contributed by atoms with Gasteiger partial charge >= 0.3 is 6.03 Å². The van der Waals surface area contributed by atoms with Gasteiger partial charge in [0.1, 0.15) is 5.82 Å². The molecule has 10 heteroatoms. The van der Waals surface area contributed by atoms with Gasteiger partial charge in [-0.15, -0.1) is 0 Å². The Kier molecular flexibility index (Phi) is 8.00. The summed E-state index contributed by atoms with van der Waals surface area (Å²) in [6.07, 6.45) is 4.88. The monoisotopic (exact) mass is 520 g/mol. The zero-order valence-corrected chi connectivity index (χ0v) is 21.3. The molecular formula is C27H28N4O5S. The quantitative estimate of drug-likeness (QED) is 0.356. The molecule has 4 rings (SSSR count). The molecule has 1 aliphatic heterocycles. The van der Waals surface area contributed by atoms with Crippen LogP contribution in [0.3, 0.4) is 0 Å². The van der Waals surface area contributed by atoms with E-state index in [1.54, 1.807) is 42.6 Å². The number of benzene rings is 2. The standard InChI is InChI=1S/C27H28N4O5S/c1-19-17-36-18-20(2)31(19)26-15-9-21(16-28-26)8-14-25(32)22-10-12-23(13-11-22)29-27(33)30-37(34,35)24-6-4-3-5-7-24/h3-16,19-20H,17-18H2,1-2H3,(H2,29,30,33)/b14-8+. The molecule has 2 aromatic carbocycles. The van der Waals surface area contributed by atoms with Gasteiger partial charge in [0, 0.05) is 17.4 Å². The molecule has 0 aliphatic carbocycles. The fourth-order valence-corrected chi connectivity index (χ4v) is 4.96. The van der Waals surface area contributed by atoms with Crippen molar-refractivity contribution in [2.45, 2.75) is 30.8 Å². The van der Waals surface area contributed by atoms with E-state index in [2.05, 4.69) is 29.0 Å². The van der Waals surface area contributed by atoms with Crippen molar-refractivity contribution < 1.29 is 22.7 Å². The number of allylic oxidation sites excluding steroid dienone is 1. The van der Waals surface area contributed by atoms with E-state index in [0.717, 1.165) is 11.4 Å². The normalized spacial score (nSPS) is 17.9. The molecular weight excluding hydrogens is 492 g/mol. The first-order valence-electron chi connectivity index (χ1n) is 11.8. The van der Waals surface area contributed by atoms with Gasteiger partial charge in [0.15, 0.2) is 5.78 Å². The lowest BCUT2D eigenvalue weighted by Crippen LogP contribution is -2.50. The van der Waals surface area contributed by atoms with Crippen LogP contribution in [0.25, 0.3) is 6.08 Å². The zero-order chi connectivity index (χ0) is 26.4. The second kappa shape index (κ2) is 11.4. The van der Waals surface area contributed by atoms with E-state index in [0.29, 0.717) is 24.5 Å². The van der Waals surface area contributed by atoms with Crippen molar-refractivity contribution >= 4 is 39.4 Å². The number of hydrogen-bond donors (Lipinski definition) is 2. The second-order valence-corrected chi connectivity index (χ2v) is 10.4. The first-order valence-corrected chi connectivity index (χ1v) is 13.2. The Balaban J connectivity index is 1.33. The molecule has 2 unspecified atom stereocenters. The fourth-order valence-electron chi connectivity index (χ4n) is 4.03. The first kappa shape index (κ1) is 26.1. The van der Waals surface area contributed by atoms with E-state index < -0.39 is 16.1 Å². The summed E-state index contributed by atoms with van der Waals surface area (Å²) >= 11 is 0. The summed E-state index contributed by atoms with van der Waals surface area (Å²) in [6, 6.07) is 17.1. The molecule has 1 fully saturated rings. The van der Waals surface area contributed by atoms with Gasteiger partial charge in [-0.05, 0) is 80.1 Å². The van der Waals surface area contributed by atoms with Crippen molar-refractivity contribution in [3.8, 4) is 0 Å². The van der Waals surface area contributed by atoms with E-state index in [1.165, 1.54) is 30.3 Å². The highest BCUT2D eigenvalue weighted by Gasteiger charge is 2.26. The lowest BCUT2D eigenvalue weighted by Gasteiger charge is -2.39. The van der Waals surface area contributed by atoms with Crippen molar-refractivity contribution in [2.75, 3.05) is 23.4 Å². The summed E-state index contributed by atoms with van der Waals surface area (Å²) in [7, 11) is -3.99. The molecule has 1 aliphatic rings. The third-order valence-electron chi connectivity index (χ3n) is 5.84. The largest absolute Gasteiger partial charge is 0.377 e. The zero-order valence-electron chi connectivity index (χ0n) is 20.5. The van der Waals surface area contributed by atoms with Gasteiger partial charge in [0.05, 0.1) is 30.2 Å². The number of nitrogens with zero attached hydrogens (tertiary/aromatic N) is 2.